The Labute approximate surface area is 171 Å². The van der Waals surface area contributed by atoms with E-state index in [1.165, 1.54) is 0 Å². The first-order valence-electron chi connectivity index (χ1n) is 8.88. The largest absolute Gasteiger partial charge is 0.444 e. The predicted octanol–water partition coefficient (Wildman–Crippen LogP) is 4.20. The van der Waals surface area contributed by atoms with Crippen LogP contribution in [0.4, 0.5) is 4.79 Å². The minimum atomic E-state index is -3.66. The molecule has 6 nitrogen and oxygen atoms in total. The van der Waals surface area contributed by atoms with Gasteiger partial charge in [-0.15, -0.1) is 0 Å². The van der Waals surface area contributed by atoms with E-state index < -0.39 is 21.7 Å². The topological polar surface area (TPSA) is 75.7 Å². The van der Waals surface area contributed by atoms with E-state index in [1.54, 1.807) is 43.9 Å². The second-order valence-corrected chi connectivity index (χ2v) is 10.3. The Hall–Kier alpha value is -1.02. The second kappa shape index (κ2) is 8.99. The number of nitrogens with one attached hydrogen (secondary N) is 1. The smallest absolute Gasteiger partial charge is 0.410 e. The van der Waals surface area contributed by atoms with Gasteiger partial charge in [0.1, 0.15) is 5.60 Å². The monoisotopic (exact) mass is 436 g/mol. The zero-order chi connectivity index (χ0) is 20.2. The molecule has 152 valence electrons. The number of sulfonamides is 1. The average Bonchev–Trinajstić information content (AvgIpc) is 2.55. The highest BCUT2D eigenvalue weighted by atomic mass is 35.5. The van der Waals surface area contributed by atoms with Gasteiger partial charge in [0, 0.05) is 34.7 Å². The number of nitrogens with zero attached hydrogens (tertiary/aromatic N) is 1. The maximum Gasteiger partial charge on any atom is 0.410 e. The molecule has 1 saturated heterocycles. The maximum absolute atomic E-state index is 12.5. The molecule has 1 N–H and O–H groups in total. The molecule has 2 rings (SSSR count). The van der Waals surface area contributed by atoms with Crippen LogP contribution in [0, 0.1) is 0 Å². The van der Waals surface area contributed by atoms with Gasteiger partial charge in [-0.05, 0) is 52.2 Å². The van der Waals surface area contributed by atoms with E-state index in [-0.39, 0.29) is 18.3 Å². The molecule has 1 heterocycles. The van der Waals surface area contributed by atoms with E-state index in [9.17, 15) is 13.2 Å². The summed E-state index contributed by atoms with van der Waals surface area (Å²) in [6, 6.07) is 4.62. The molecule has 1 amide bonds. The van der Waals surface area contributed by atoms with E-state index >= 15 is 0 Å². The Kier molecular flexibility index (Phi) is 7.41. The van der Waals surface area contributed by atoms with Crippen molar-refractivity contribution in [1.82, 2.24) is 9.62 Å². The number of carbonyl (C=O) groups excluding carboxylic acids is 1. The predicted molar refractivity (Wildman–Crippen MR) is 108 cm³/mol. The quantitative estimate of drug-likeness (QED) is 0.749. The number of amides is 1. The lowest BCUT2D eigenvalue weighted by atomic mass is 10.0. The van der Waals surface area contributed by atoms with Crippen molar-refractivity contribution in [2.75, 3.05) is 13.1 Å². The molecule has 0 spiro atoms. The van der Waals surface area contributed by atoms with Gasteiger partial charge in [-0.25, -0.2) is 17.9 Å². The molecule has 0 bridgehead atoms. The van der Waals surface area contributed by atoms with Crippen molar-refractivity contribution >= 4 is 39.3 Å². The molecule has 1 aliphatic rings. The Bertz CT molecular complexity index is 758. The first-order chi connectivity index (χ1) is 12.5. The number of likely N-dealkylation sites (tertiary alicyclic amines) is 1. The van der Waals surface area contributed by atoms with Gasteiger partial charge in [0.05, 0.1) is 5.75 Å². The molecule has 1 aromatic carbocycles. The SMILES string of the molecule is CC(C)(C)OC(=O)N1CCCC[C@@H]1CNS(=O)(=O)Cc1c(Cl)cccc1Cl. The highest BCUT2D eigenvalue weighted by molar-refractivity contribution is 7.88. The molecule has 27 heavy (non-hydrogen) atoms. The van der Waals surface area contributed by atoms with E-state index in [1.807, 2.05) is 0 Å². The second-order valence-electron chi connectivity index (χ2n) is 7.63. The lowest BCUT2D eigenvalue weighted by Gasteiger charge is -2.36. The molecule has 9 heteroatoms. The van der Waals surface area contributed by atoms with Crippen molar-refractivity contribution in [3.05, 3.63) is 33.8 Å². The molecule has 0 unspecified atom stereocenters. The van der Waals surface area contributed by atoms with E-state index in [0.29, 0.717) is 28.6 Å². The normalized spacial score (nSPS) is 18.4. The van der Waals surface area contributed by atoms with Gasteiger partial charge in [0.15, 0.2) is 0 Å². The zero-order valence-electron chi connectivity index (χ0n) is 15.8. The van der Waals surface area contributed by atoms with Crippen molar-refractivity contribution in [1.29, 1.82) is 0 Å². The van der Waals surface area contributed by atoms with Gasteiger partial charge in [0.2, 0.25) is 10.0 Å². The lowest BCUT2D eigenvalue weighted by molar-refractivity contribution is 0.0105. The fourth-order valence-electron chi connectivity index (χ4n) is 2.91. The maximum atomic E-state index is 12.5. The first kappa shape index (κ1) is 22.3. The average molecular weight is 437 g/mol. The molecule has 1 fully saturated rings. The highest BCUT2D eigenvalue weighted by Gasteiger charge is 2.31. The summed E-state index contributed by atoms with van der Waals surface area (Å²) in [7, 11) is -3.66. The van der Waals surface area contributed by atoms with Gasteiger partial charge in [-0.2, -0.15) is 0 Å². The summed E-state index contributed by atoms with van der Waals surface area (Å²) in [5.74, 6) is -0.315. The number of piperidine rings is 1. The molecule has 0 aromatic heterocycles. The van der Waals surface area contributed by atoms with Crippen LogP contribution in [0.15, 0.2) is 18.2 Å². The van der Waals surface area contributed by atoms with Crippen LogP contribution in [-0.2, 0) is 20.5 Å². The van der Waals surface area contributed by atoms with Crippen LogP contribution in [0.3, 0.4) is 0 Å². The standard InChI is InChI=1S/C18H26Cl2N2O4S/c1-18(2,3)26-17(23)22-10-5-4-7-13(22)11-21-27(24,25)12-14-15(19)8-6-9-16(14)20/h6,8-9,13,21H,4-5,7,10-12H2,1-3H3/t13-/m1/s1. The van der Waals surface area contributed by atoms with Crippen molar-refractivity contribution in [2.45, 2.75) is 57.4 Å². The molecular formula is C18H26Cl2N2O4S. The minimum Gasteiger partial charge on any atom is -0.444 e. The number of ether oxygens (including phenoxy) is 1. The summed E-state index contributed by atoms with van der Waals surface area (Å²) < 4.78 is 33.0. The Balaban J connectivity index is 2.03. The van der Waals surface area contributed by atoms with Crippen LogP contribution in [0.2, 0.25) is 10.0 Å². The highest BCUT2D eigenvalue weighted by Crippen LogP contribution is 2.26. The van der Waals surface area contributed by atoms with Gasteiger partial charge in [-0.1, -0.05) is 29.3 Å². The fraction of sp³-hybridized carbons (Fsp3) is 0.611. The van der Waals surface area contributed by atoms with Gasteiger partial charge >= 0.3 is 6.09 Å². The van der Waals surface area contributed by atoms with Crippen LogP contribution in [0.1, 0.15) is 45.6 Å². The van der Waals surface area contributed by atoms with Gasteiger partial charge < -0.3 is 9.64 Å². The van der Waals surface area contributed by atoms with E-state index in [4.69, 9.17) is 27.9 Å². The molecule has 0 aliphatic carbocycles. The van der Waals surface area contributed by atoms with Crippen LogP contribution in [0.25, 0.3) is 0 Å². The first-order valence-corrected chi connectivity index (χ1v) is 11.3. The van der Waals surface area contributed by atoms with Crippen LogP contribution in [0.5, 0.6) is 0 Å². The Morgan fingerprint density at radius 2 is 1.89 bits per heavy atom. The van der Waals surface area contributed by atoms with Crippen LogP contribution in [-0.4, -0.2) is 44.1 Å². The molecule has 1 aromatic rings. The van der Waals surface area contributed by atoms with Crippen molar-refractivity contribution in [2.24, 2.45) is 0 Å². The van der Waals surface area contributed by atoms with Crippen LogP contribution < -0.4 is 4.72 Å². The molecular weight excluding hydrogens is 411 g/mol. The third-order valence-electron chi connectivity index (χ3n) is 4.19. The van der Waals surface area contributed by atoms with E-state index in [0.717, 1.165) is 12.8 Å². The van der Waals surface area contributed by atoms with Crippen molar-refractivity contribution in [3.63, 3.8) is 0 Å². The Morgan fingerprint density at radius 3 is 2.48 bits per heavy atom. The Morgan fingerprint density at radius 1 is 1.26 bits per heavy atom. The number of hydrogen-bond donors (Lipinski definition) is 1. The number of carbonyl (C=O) groups is 1. The molecule has 0 saturated carbocycles. The van der Waals surface area contributed by atoms with Crippen molar-refractivity contribution in [3.8, 4) is 0 Å². The number of rotatable bonds is 5. The molecule has 1 aliphatic heterocycles. The number of halogens is 2. The number of hydrogen-bond acceptors (Lipinski definition) is 4. The third kappa shape index (κ3) is 6.82. The summed E-state index contributed by atoms with van der Waals surface area (Å²) in [4.78, 5) is 14.0. The van der Waals surface area contributed by atoms with Gasteiger partial charge in [0.25, 0.3) is 0 Å². The fourth-order valence-corrected chi connectivity index (χ4v) is 4.84. The summed E-state index contributed by atoms with van der Waals surface area (Å²) >= 11 is 12.1. The van der Waals surface area contributed by atoms with Crippen molar-refractivity contribution < 1.29 is 17.9 Å². The number of benzene rings is 1. The summed E-state index contributed by atoms with van der Waals surface area (Å²) in [5, 5.41) is 0.613. The van der Waals surface area contributed by atoms with Gasteiger partial charge in [-0.3, -0.25) is 0 Å². The molecule has 0 radical (unpaired) electrons. The molecule has 1 atom stereocenters. The third-order valence-corrected chi connectivity index (χ3v) is 6.17. The minimum absolute atomic E-state index is 0.129. The van der Waals surface area contributed by atoms with E-state index in [2.05, 4.69) is 4.72 Å². The summed E-state index contributed by atoms with van der Waals surface area (Å²) in [5.41, 5.74) is -0.236. The van der Waals surface area contributed by atoms with Crippen LogP contribution >= 0.6 is 23.2 Å². The lowest BCUT2D eigenvalue weighted by Crippen LogP contribution is -2.50. The summed E-state index contributed by atoms with van der Waals surface area (Å²) in [6.45, 7) is 6.10. The zero-order valence-corrected chi connectivity index (χ0v) is 18.1. The summed E-state index contributed by atoms with van der Waals surface area (Å²) in [6.07, 6.45) is 2.11.